The van der Waals surface area contributed by atoms with Crippen molar-refractivity contribution in [2.75, 3.05) is 0 Å². The zero-order valence-electron chi connectivity index (χ0n) is 28.7. The maximum atomic E-state index is 15.2. The number of rotatable bonds is 13. The van der Waals surface area contributed by atoms with Crippen molar-refractivity contribution < 1.29 is 29.7 Å². The summed E-state index contributed by atoms with van der Waals surface area (Å²) in [6, 6.07) is 3.72. The lowest BCUT2D eigenvalue weighted by molar-refractivity contribution is -0.181. The number of carbonyl (C=O) groups excluding carboxylic acids is 3. The Bertz CT molecular complexity index is 1430. The van der Waals surface area contributed by atoms with Crippen LogP contribution in [0.2, 0.25) is 0 Å². The van der Waals surface area contributed by atoms with Crippen LogP contribution in [0.4, 0.5) is 0 Å². The zero-order chi connectivity index (χ0) is 33.7. The maximum absolute atomic E-state index is 15.2. The van der Waals surface area contributed by atoms with Crippen molar-refractivity contribution >= 4 is 23.1 Å². The number of Topliss-reactive ketones (excluding diaryl/α,β-unsaturated/α-hetero) is 3. The molecule has 246 valence electrons. The minimum Gasteiger partial charge on any atom is -0.506 e. The van der Waals surface area contributed by atoms with Crippen LogP contribution in [0.3, 0.4) is 0 Å². The van der Waals surface area contributed by atoms with Gasteiger partial charge in [0.15, 0.2) is 28.8 Å². The summed E-state index contributed by atoms with van der Waals surface area (Å²) >= 11 is 0. The molecule has 0 aliphatic heterocycles. The van der Waals surface area contributed by atoms with Crippen LogP contribution in [0.1, 0.15) is 125 Å². The molecule has 0 heterocycles. The number of aromatic hydroxyl groups is 2. The van der Waals surface area contributed by atoms with Gasteiger partial charge in [-0.2, -0.15) is 0 Å². The number of carbonyl (C=O) groups is 3. The van der Waals surface area contributed by atoms with Crippen molar-refractivity contribution in [1.29, 1.82) is 0 Å². The van der Waals surface area contributed by atoms with Gasteiger partial charge in [0, 0.05) is 5.56 Å². The first-order valence-electron chi connectivity index (χ1n) is 16.6. The molecule has 4 atom stereocenters. The van der Waals surface area contributed by atoms with E-state index in [1.807, 2.05) is 26.8 Å². The zero-order valence-corrected chi connectivity index (χ0v) is 28.7. The van der Waals surface area contributed by atoms with Gasteiger partial charge in [-0.25, -0.2) is 0 Å². The second-order valence-corrected chi connectivity index (χ2v) is 14.1. The number of benzene rings is 1. The Hall–Kier alpha value is -3.41. The van der Waals surface area contributed by atoms with Gasteiger partial charge >= 0.3 is 0 Å². The van der Waals surface area contributed by atoms with Crippen LogP contribution in [0.25, 0.3) is 5.76 Å². The molecular formula is C39H54O6. The first-order valence-corrected chi connectivity index (χ1v) is 16.6. The Balaban J connectivity index is 2.42. The molecule has 0 saturated heterocycles. The Morgan fingerprint density at radius 2 is 1.47 bits per heavy atom. The van der Waals surface area contributed by atoms with E-state index in [0.717, 1.165) is 30.9 Å². The number of hydrogen-bond acceptors (Lipinski definition) is 6. The molecule has 1 aromatic rings. The molecule has 3 N–H and O–H groups in total. The number of hydrogen-bond donors (Lipinski definition) is 3. The number of phenols is 2. The molecule has 2 saturated carbocycles. The van der Waals surface area contributed by atoms with E-state index in [1.54, 1.807) is 0 Å². The van der Waals surface area contributed by atoms with E-state index in [2.05, 4.69) is 46.8 Å². The van der Waals surface area contributed by atoms with Crippen LogP contribution in [-0.4, -0.2) is 32.7 Å². The quantitative estimate of drug-likeness (QED) is 0.0507. The summed E-state index contributed by atoms with van der Waals surface area (Å²) < 4.78 is 0. The molecule has 2 aliphatic rings. The summed E-state index contributed by atoms with van der Waals surface area (Å²) in [6.07, 6.45) is 12.1. The highest BCUT2D eigenvalue weighted by atomic mass is 16.3. The Morgan fingerprint density at radius 1 is 0.844 bits per heavy atom. The molecule has 1 aromatic carbocycles. The molecule has 6 heteroatoms. The number of aliphatic hydroxyl groups excluding tert-OH is 1. The summed E-state index contributed by atoms with van der Waals surface area (Å²) in [5.74, 6) is -2.99. The van der Waals surface area contributed by atoms with Gasteiger partial charge < -0.3 is 15.3 Å². The molecule has 0 aromatic heterocycles. The highest BCUT2D eigenvalue weighted by molar-refractivity contribution is 6.41. The summed E-state index contributed by atoms with van der Waals surface area (Å²) in [5, 5.41) is 31.8. The first kappa shape index (κ1) is 36.1. The molecular weight excluding hydrogens is 564 g/mol. The third-order valence-electron chi connectivity index (χ3n) is 10.6. The molecule has 0 spiro atoms. The minimum atomic E-state index is -1.52. The predicted molar refractivity (Wildman–Crippen MR) is 181 cm³/mol. The third-order valence-corrected chi connectivity index (χ3v) is 10.6. The van der Waals surface area contributed by atoms with Gasteiger partial charge in [0.2, 0.25) is 0 Å². The van der Waals surface area contributed by atoms with Gasteiger partial charge in [-0.3, -0.25) is 14.4 Å². The van der Waals surface area contributed by atoms with E-state index in [0.29, 0.717) is 38.5 Å². The van der Waals surface area contributed by atoms with E-state index >= 15 is 9.59 Å². The average molecular weight is 619 g/mol. The van der Waals surface area contributed by atoms with Gasteiger partial charge in [0.25, 0.3) is 0 Å². The number of ketones is 3. The average Bonchev–Trinajstić information content (AvgIpc) is 2.97. The molecule has 45 heavy (non-hydrogen) atoms. The van der Waals surface area contributed by atoms with E-state index < -0.39 is 39.3 Å². The number of aliphatic hydroxyl groups is 1. The predicted octanol–water partition coefficient (Wildman–Crippen LogP) is 9.52. The molecule has 2 bridgehead atoms. The van der Waals surface area contributed by atoms with Crippen LogP contribution < -0.4 is 0 Å². The minimum absolute atomic E-state index is 0.0452. The van der Waals surface area contributed by atoms with Crippen LogP contribution in [-0.2, 0) is 14.4 Å². The van der Waals surface area contributed by atoms with Gasteiger partial charge in [-0.1, -0.05) is 62.1 Å². The Kier molecular flexibility index (Phi) is 11.5. The maximum Gasteiger partial charge on any atom is 0.184 e. The number of allylic oxidation sites excluding steroid dienone is 7. The Labute approximate surface area is 270 Å². The van der Waals surface area contributed by atoms with Crippen LogP contribution in [0.15, 0.2) is 58.7 Å². The lowest BCUT2D eigenvalue weighted by atomic mass is 9.37. The first-order chi connectivity index (χ1) is 21.1. The van der Waals surface area contributed by atoms with Gasteiger partial charge in [0.05, 0.1) is 10.8 Å². The normalized spacial score (nSPS) is 27.8. The van der Waals surface area contributed by atoms with Crippen molar-refractivity contribution in [1.82, 2.24) is 0 Å². The smallest absolute Gasteiger partial charge is 0.184 e. The second-order valence-electron chi connectivity index (χ2n) is 14.1. The van der Waals surface area contributed by atoms with E-state index in [1.165, 1.54) is 23.3 Å². The third kappa shape index (κ3) is 6.62. The summed E-state index contributed by atoms with van der Waals surface area (Å²) in [6.45, 7) is 16.3. The van der Waals surface area contributed by atoms with Crippen molar-refractivity contribution in [2.24, 2.45) is 22.2 Å². The SMILES string of the molecule is CCC[C@@]12C[C@H](CCC=C(C)C)[C@@](C)(CC/C=C(\C)CC)[C@@](CCC=C(C)C)(C(=O)C(=C(O)c3ccc(O)c(O)c3)C1=O)C2=O. The van der Waals surface area contributed by atoms with Crippen molar-refractivity contribution in [3.63, 3.8) is 0 Å². The molecule has 3 rings (SSSR count). The fourth-order valence-corrected chi connectivity index (χ4v) is 7.92. The van der Waals surface area contributed by atoms with Crippen LogP contribution >= 0.6 is 0 Å². The van der Waals surface area contributed by atoms with Crippen LogP contribution in [0.5, 0.6) is 11.5 Å². The topological polar surface area (TPSA) is 112 Å². The largest absolute Gasteiger partial charge is 0.506 e. The molecule has 0 unspecified atom stereocenters. The van der Waals surface area contributed by atoms with E-state index in [4.69, 9.17) is 0 Å². The number of fused-ring (bicyclic) bond motifs is 2. The number of phenolic OH excluding ortho intramolecular Hbond substituents is 2. The standard InChI is InChI=1S/C39H54O6/c1-9-20-38-24-29(17-11-14-25(3)4)37(8,21-13-16-27(7)10-2)39(36(38)45,22-12-15-26(5)6)35(44)32(34(38)43)33(42)28-18-19-30(40)31(41)23-28/h14-16,18-19,23,29,40-42H,9-13,17,20-22,24H2,1-8H3/b27-16+,33-32?/t29-,37+,38+,39-/m0/s1. The molecule has 2 aliphatic carbocycles. The van der Waals surface area contributed by atoms with Crippen molar-refractivity contribution in [2.45, 2.75) is 120 Å². The fourth-order valence-electron chi connectivity index (χ4n) is 7.92. The summed E-state index contributed by atoms with van der Waals surface area (Å²) in [7, 11) is 0. The Morgan fingerprint density at radius 3 is 2.04 bits per heavy atom. The highest BCUT2D eigenvalue weighted by Crippen LogP contribution is 2.67. The van der Waals surface area contributed by atoms with Gasteiger partial charge in [-0.15, -0.1) is 0 Å². The molecule has 6 nitrogen and oxygen atoms in total. The summed E-state index contributed by atoms with van der Waals surface area (Å²) in [4.78, 5) is 45.0. The summed E-state index contributed by atoms with van der Waals surface area (Å²) in [5.41, 5.74) is -0.509. The van der Waals surface area contributed by atoms with E-state index in [9.17, 15) is 20.1 Å². The fraction of sp³-hybridized carbons (Fsp3) is 0.564. The van der Waals surface area contributed by atoms with Crippen LogP contribution in [0, 0.1) is 22.2 Å². The molecule has 2 fully saturated rings. The van der Waals surface area contributed by atoms with Crippen molar-refractivity contribution in [3.05, 3.63) is 64.3 Å². The lowest BCUT2D eigenvalue weighted by Crippen LogP contribution is -2.70. The van der Waals surface area contributed by atoms with Crippen molar-refractivity contribution in [3.8, 4) is 11.5 Å². The lowest BCUT2D eigenvalue weighted by Gasteiger charge is -2.62. The monoisotopic (exact) mass is 618 g/mol. The molecule has 0 radical (unpaired) electrons. The molecule has 0 amide bonds. The van der Waals surface area contributed by atoms with Gasteiger partial charge in [0.1, 0.15) is 11.3 Å². The second kappa shape index (κ2) is 14.3. The van der Waals surface area contributed by atoms with E-state index in [-0.39, 0.29) is 35.0 Å². The van der Waals surface area contributed by atoms with Gasteiger partial charge in [-0.05, 0) is 122 Å². The highest BCUT2D eigenvalue weighted by Gasteiger charge is 2.74.